The average molecular weight is 250 g/mol. The molecule has 0 amide bonds. The molecule has 0 aromatic heterocycles. The number of piperazine rings is 1. The first-order valence-corrected chi connectivity index (χ1v) is 6.43. The van der Waals surface area contributed by atoms with Gasteiger partial charge < -0.3 is 14.8 Å². The second-order valence-corrected chi connectivity index (χ2v) is 4.57. The molecule has 0 spiro atoms. The zero-order valence-corrected chi connectivity index (χ0v) is 11.4. The SMILES string of the molecule is COc1ccc([C@@H](C)N2CCNCC2)c(OC)c1. The van der Waals surface area contributed by atoms with Crippen LogP contribution in [0.3, 0.4) is 0 Å². The summed E-state index contributed by atoms with van der Waals surface area (Å²) in [6.07, 6.45) is 0. The van der Waals surface area contributed by atoms with Crippen LogP contribution in [-0.4, -0.2) is 45.3 Å². The van der Waals surface area contributed by atoms with Crippen molar-refractivity contribution in [2.45, 2.75) is 13.0 Å². The number of methoxy groups -OCH3 is 2. The van der Waals surface area contributed by atoms with Crippen LogP contribution in [0.25, 0.3) is 0 Å². The quantitative estimate of drug-likeness (QED) is 0.881. The summed E-state index contributed by atoms with van der Waals surface area (Å²) in [6, 6.07) is 6.42. The number of nitrogens with one attached hydrogen (secondary N) is 1. The maximum Gasteiger partial charge on any atom is 0.127 e. The molecule has 1 atom stereocenters. The van der Waals surface area contributed by atoms with Crippen LogP contribution < -0.4 is 14.8 Å². The van der Waals surface area contributed by atoms with E-state index >= 15 is 0 Å². The van der Waals surface area contributed by atoms with Crippen molar-refractivity contribution in [2.24, 2.45) is 0 Å². The Bertz CT molecular complexity index is 389. The third-order valence-electron chi connectivity index (χ3n) is 3.59. The monoisotopic (exact) mass is 250 g/mol. The van der Waals surface area contributed by atoms with Crippen LogP contribution in [0.5, 0.6) is 11.5 Å². The summed E-state index contributed by atoms with van der Waals surface area (Å²) in [5.74, 6) is 1.74. The van der Waals surface area contributed by atoms with E-state index in [0.717, 1.165) is 37.7 Å². The number of benzene rings is 1. The van der Waals surface area contributed by atoms with Gasteiger partial charge in [0.1, 0.15) is 11.5 Å². The molecule has 0 radical (unpaired) electrons. The minimum atomic E-state index is 0.368. The molecular weight excluding hydrogens is 228 g/mol. The highest BCUT2D eigenvalue weighted by molar-refractivity contribution is 5.42. The molecule has 0 aliphatic carbocycles. The van der Waals surface area contributed by atoms with Crippen molar-refractivity contribution in [2.75, 3.05) is 40.4 Å². The molecule has 1 N–H and O–H groups in total. The number of ether oxygens (including phenoxy) is 2. The highest BCUT2D eigenvalue weighted by Crippen LogP contribution is 2.32. The van der Waals surface area contributed by atoms with Crippen molar-refractivity contribution >= 4 is 0 Å². The summed E-state index contributed by atoms with van der Waals surface area (Å²) in [4.78, 5) is 2.47. The topological polar surface area (TPSA) is 33.7 Å². The lowest BCUT2D eigenvalue weighted by Crippen LogP contribution is -2.44. The standard InChI is InChI=1S/C14H22N2O2/c1-11(16-8-6-15-7-9-16)13-5-4-12(17-2)10-14(13)18-3/h4-5,10-11,15H,6-9H2,1-3H3/t11-/m1/s1. The molecule has 1 aromatic rings. The second kappa shape index (κ2) is 6.07. The lowest BCUT2D eigenvalue weighted by molar-refractivity contribution is 0.182. The molecule has 1 aromatic carbocycles. The number of nitrogens with zero attached hydrogens (tertiary/aromatic N) is 1. The lowest BCUT2D eigenvalue weighted by atomic mass is 10.0. The van der Waals surface area contributed by atoms with Crippen LogP contribution in [0.15, 0.2) is 18.2 Å². The Morgan fingerprint density at radius 2 is 1.89 bits per heavy atom. The minimum absolute atomic E-state index is 0.368. The maximum atomic E-state index is 5.48. The molecule has 0 bridgehead atoms. The van der Waals surface area contributed by atoms with E-state index in [4.69, 9.17) is 9.47 Å². The normalized spacial score (nSPS) is 18.4. The first kappa shape index (κ1) is 13.2. The molecule has 4 heteroatoms. The van der Waals surface area contributed by atoms with Gasteiger partial charge in [-0.2, -0.15) is 0 Å². The molecule has 1 heterocycles. The number of rotatable bonds is 4. The first-order chi connectivity index (χ1) is 8.76. The molecule has 0 unspecified atom stereocenters. The lowest BCUT2D eigenvalue weighted by Gasteiger charge is -2.33. The van der Waals surface area contributed by atoms with Crippen LogP contribution in [0.2, 0.25) is 0 Å². The van der Waals surface area contributed by atoms with Gasteiger partial charge in [0.15, 0.2) is 0 Å². The number of hydrogen-bond acceptors (Lipinski definition) is 4. The van der Waals surface area contributed by atoms with Gasteiger partial charge in [-0.3, -0.25) is 4.90 Å². The van der Waals surface area contributed by atoms with E-state index in [1.807, 2.05) is 12.1 Å². The number of hydrogen-bond donors (Lipinski definition) is 1. The summed E-state index contributed by atoms with van der Waals surface area (Å²) in [5, 5.41) is 3.37. The van der Waals surface area contributed by atoms with E-state index < -0.39 is 0 Å². The van der Waals surface area contributed by atoms with Crippen molar-refractivity contribution in [1.82, 2.24) is 10.2 Å². The van der Waals surface area contributed by atoms with Gasteiger partial charge in [-0.25, -0.2) is 0 Å². The van der Waals surface area contributed by atoms with Crippen LogP contribution in [0, 0.1) is 0 Å². The molecule has 100 valence electrons. The fourth-order valence-corrected chi connectivity index (χ4v) is 2.43. The molecular formula is C14H22N2O2. The molecule has 18 heavy (non-hydrogen) atoms. The molecule has 1 aliphatic heterocycles. The third-order valence-corrected chi connectivity index (χ3v) is 3.59. The van der Waals surface area contributed by atoms with Crippen molar-refractivity contribution in [3.63, 3.8) is 0 Å². The van der Waals surface area contributed by atoms with Gasteiger partial charge in [0.25, 0.3) is 0 Å². The van der Waals surface area contributed by atoms with Crippen LogP contribution in [0.1, 0.15) is 18.5 Å². The van der Waals surface area contributed by atoms with E-state index in [0.29, 0.717) is 6.04 Å². The van der Waals surface area contributed by atoms with Gasteiger partial charge in [0, 0.05) is 43.9 Å². The third kappa shape index (κ3) is 2.76. The molecule has 2 rings (SSSR count). The van der Waals surface area contributed by atoms with E-state index in [-0.39, 0.29) is 0 Å². The Morgan fingerprint density at radius 1 is 1.17 bits per heavy atom. The van der Waals surface area contributed by atoms with Gasteiger partial charge in [0.2, 0.25) is 0 Å². The molecule has 1 saturated heterocycles. The Morgan fingerprint density at radius 3 is 2.50 bits per heavy atom. The largest absolute Gasteiger partial charge is 0.497 e. The zero-order valence-electron chi connectivity index (χ0n) is 11.4. The van der Waals surface area contributed by atoms with E-state index in [2.05, 4.69) is 23.2 Å². The first-order valence-electron chi connectivity index (χ1n) is 6.43. The molecule has 1 fully saturated rings. The predicted octanol–water partition coefficient (Wildman–Crippen LogP) is 1.67. The van der Waals surface area contributed by atoms with Gasteiger partial charge in [-0.05, 0) is 13.0 Å². The highest BCUT2D eigenvalue weighted by Gasteiger charge is 2.20. The van der Waals surface area contributed by atoms with E-state index in [1.165, 1.54) is 5.56 Å². The van der Waals surface area contributed by atoms with Crippen LogP contribution in [-0.2, 0) is 0 Å². The summed E-state index contributed by atoms with van der Waals surface area (Å²) >= 11 is 0. The minimum Gasteiger partial charge on any atom is -0.497 e. The van der Waals surface area contributed by atoms with E-state index in [9.17, 15) is 0 Å². The fourth-order valence-electron chi connectivity index (χ4n) is 2.43. The Hall–Kier alpha value is -1.26. The van der Waals surface area contributed by atoms with Crippen LogP contribution >= 0.6 is 0 Å². The smallest absolute Gasteiger partial charge is 0.127 e. The van der Waals surface area contributed by atoms with Gasteiger partial charge in [-0.15, -0.1) is 0 Å². The van der Waals surface area contributed by atoms with Crippen molar-refractivity contribution in [3.05, 3.63) is 23.8 Å². The molecule has 4 nitrogen and oxygen atoms in total. The van der Waals surface area contributed by atoms with Gasteiger partial charge in [-0.1, -0.05) is 6.07 Å². The summed E-state index contributed by atoms with van der Waals surface area (Å²) in [5.41, 5.74) is 1.22. The van der Waals surface area contributed by atoms with Crippen molar-refractivity contribution in [3.8, 4) is 11.5 Å². The Balaban J connectivity index is 2.20. The maximum absolute atomic E-state index is 5.48. The van der Waals surface area contributed by atoms with Crippen molar-refractivity contribution < 1.29 is 9.47 Å². The molecule has 1 aliphatic rings. The van der Waals surface area contributed by atoms with Crippen LogP contribution in [0.4, 0.5) is 0 Å². The summed E-state index contributed by atoms with van der Waals surface area (Å²) < 4.78 is 10.7. The van der Waals surface area contributed by atoms with Gasteiger partial charge in [0.05, 0.1) is 14.2 Å². The summed E-state index contributed by atoms with van der Waals surface area (Å²) in [7, 11) is 3.39. The Labute approximate surface area is 109 Å². The fraction of sp³-hybridized carbons (Fsp3) is 0.571. The summed E-state index contributed by atoms with van der Waals surface area (Å²) in [6.45, 7) is 6.51. The average Bonchev–Trinajstić information content (AvgIpc) is 2.46. The van der Waals surface area contributed by atoms with Crippen molar-refractivity contribution in [1.29, 1.82) is 0 Å². The Kier molecular flexibility index (Phi) is 4.44. The predicted molar refractivity (Wildman–Crippen MR) is 72.4 cm³/mol. The zero-order chi connectivity index (χ0) is 13.0. The van der Waals surface area contributed by atoms with E-state index in [1.54, 1.807) is 14.2 Å². The highest BCUT2D eigenvalue weighted by atomic mass is 16.5. The van der Waals surface area contributed by atoms with Gasteiger partial charge >= 0.3 is 0 Å². The molecule has 0 saturated carbocycles. The second-order valence-electron chi connectivity index (χ2n) is 4.57.